The van der Waals surface area contributed by atoms with E-state index >= 15 is 0 Å². The topological polar surface area (TPSA) is 9.23 Å². The maximum atomic E-state index is 5.71. The Morgan fingerprint density at radius 2 is 1.74 bits per heavy atom. The van der Waals surface area contributed by atoms with Crippen molar-refractivity contribution in [2.24, 2.45) is 0 Å². The van der Waals surface area contributed by atoms with Gasteiger partial charge in [-0.05, 0) is 36.1 Å². The second-order valence-electron chi connectivity index (χ2n) is 4.59. The quantitative estimate of drug-likeness (QED) is 0.762. The molecule has 98 valence electrons. The van der Waals surface area contributed by atoms with E-state index in [-0.39, 0.29) is 6.10 Å². The van der Waals surface area contributed by atoms with Gasteiger partial charge in [0, 0.05) is 7.11 Å². The Hall–Kier alpha value is -1.86. The van der Waals surface area contributed by atoms with Gasteiger partial charge in [-0.1, -0.05) is 60.7 Å². The van der Waals surface area contributed by atoms with E-state index in [2.05, 4.69) is 49.4 Å². The molecule has 0 saturated heterocycles. The number of hydrogen-bond donors (Lipinski definition) is 0. The third kappa shape index (κ3) is 2.94. The molecule has 1 atom stereocenters. The van der Waals surface area contributed by atoms with Crippen LogP contribution in [0.5, 0.6) is 0 Å². The van der Waals surface area contributed by atoms with Gasteiger partial charge >= 0.3 is 0 Å². The summed E-state index contributed by atoms with van der Waals surface area (Å²) >= 11 is 0. The second-order valence-corrected chi connectivity index (χ2v) is 4.59. The zero-order chi connectivity index (χ0) is 13.7. The molecule has 0 amide bonds. The number of methoxy groups -OCH3 is 1. The van der Waals surface area contributed by atoms with Crippen LogP contribution >= 0.6 is 0 Å². The average Bonchev–Trinajstić information content (AvgIpc) is 2.45. The van der Waals surface area contributed by atoms with Gasteiger partial charge in [0.05, 0.1) is 0 Å². The van der Waals surface area contributed by atoms with E-state index < -0.39 is 0 Å². The van der Waals surface area contributed by atoms with Gasteiger partial charge in [-0.15, -0.1) is 0 Å². The SMILES string of the molecule is C/C=C\c1cccc(C(OC)c2ccccc2)c1C. The molecule has 0 bridgehead atoms. The smallest absolute Gasteiger partial charge is 0.107 e. The van der Waals surface area contributed by atoms with Crippen molar-refractivity contribution in [3.8, 4) is 0 Å². The van der Waals surface area contributed by atoms with Crippen molar-refractivity contribution in [2.45, 2.75) is 20.0 Å². The Balaban J connectivity index is 2.47. The minimum atomic E-state index is -0.00796. The molecule has 1 heteroatoms. The predicted molar refractivity (Wildman–Crippen MR) is 81.2 cm³/mol. The lowest BCUT2D eigenvalue weighted by Gasteiger charge is -2.19. The molecule has 0 fully saturated rings. The third-order valence-corrected chi connectivity index (χ3v) is 3.38. The molecule has 1 unspecified atom stereocenters. The predicted octanol–water partition coefficient (Wildman–Crippen LogP) is 4.76. The van der Waals surface area contributed by atoms with Gasteiger partial charge in [0.25, 0.3) is 0 Å². The summed E-state index contributed by atoms with van der Waals surface area (Å²) in [7, 11) is 1.76. The lowest BCUT2D eigenvalue weighted by atomic mass is 9.94. The summed E-state index contributed by atoms with van der Waals surface area (Å²) in [6.07, 6.45) is 4.19. The van der Waals surface area contributed by atoms with Crippen LogP contribution in [0, 0.1) is 6.92 Å². The maximum absolute atomic E-state index is 5.71. The zero-order valence-electron chi connectivity index (χ0n) is 11.8. The molecule has 2 aromatic carbocycles. The zero-order valence-corrected chi connectivity index (χ0v) is 11.8. The van der Waals surface area contributed by atoms with E-state index in [1.54, 1.807) is 7.11 Å². The van der Waals surface area contributed by atoms with Crippen LogP contribution in [0.1, 0.15) is 35.3 Å². The van der Waals surface area contributed by atoms with Crippen LogP contribution in [0.15, 0.2) is 54.6 Å². The standard InChI is InChI=1S/C18H20O/c1-4-9-15-12-8-13-17(14(15)2)18(19-3)16-10-6-5-7-11-16/h4-13,18H,1-3H3/b9-4-. The monoisotopic (exact) mass is 252 g/mol. The van der Waals surface area contributed by atoms with Crippen molar-refractivity contribution in [3.05, 3.63) is 76.9 Å². The fourth-order valence-electron chi connectivity index (χ4n) is 2.39. The van der Waals surface area contributed by atoms with Gasteiger partial charge in [-0.25, -0.2) is 0 Å². The van der Waals surface area contributed by atoms with Crippen LogP contribution in [-0.4, -0.2) is 7.11 Å². The summed E-state index contributed by atoms with van der Waals surface area (Å²) in [6, 6.07) is 16.7. The van der Waals surface area contributed by atoms with Crippen molar-refractivity contribution in [3.63, 3.8) is 0 Å². The second kappa shape index (κ2) is 6.35. The first kappa shape index (κ1) is 13.6. The van der Waals surface area contributed by atoms with Crippen LogP contribution in [0.3, 0.4) is 0 Å². The molecule has 0 N–H and O–H groups in total. The van der Waals surface area contributed by atoms with Crippen molar-refractivity contribution < 1.29 is 4.74 Å². The summed E-state index contributed by atoms with van der Waals surface area (Å²) in [5.41, 5.74) is 4.93. The fourth-order valence-corrected chi connectivity index (χ4v) is 2.39. The Morgan fingerprint density at radius 1 is 1.00 bits per heavy atom. The van der Waals surface area contributed by atoms with E-state index in [1.165, 1.54) is 22.3 Å². The lowest BCUT2D eigenvalue weighted by Crippen LogP contribution is -2.06. The summed E-state index contributed by atoms with van der Waals surface area (Å²) in [6.45, 7) is 4.19. The van der Waals surface area contributed by atoms with Crippen molar-refractivity contribution in [1.29, 1.82) is 0 Å². The molecule has 2 aromatic rings. The molecule has 0 aliphatic rings. The minimum Gasteiger partial charge on any atom is -0.372 e. The fraction of sp³-hybridized carbons (Fsp3) is 0.222. The molecule has 0 saturated carbocycles. The van der Waals surface area contributed by atoms with Crippen molar-refractivity contribution >= 4 is 6.08 Å². The number of ether oxygens (including phenoxy) is 1. The van der Waals surface area contributed by atoms with E-state index in [0.29, 0.717) is 0 Å². The third-order valence-electron chi connectivity index (χ3n) is 3.38. The Bertz CT molecular complexity index is 555. The van der Waals surface area contributed by atoms with Crippen LogP contribution in [0.25, 0.3) is 6.08 Å². The summed E-state index contributed by atoms with van der Waals surface area (Å²) in [4.78, 5) is 0. The van der Waals surface area contributed by atoms with E-state index in [9.17, 15) is 0 Å². The maximum Gasteiger partial charge on any atom is 0.107 e. The Kier molecular flexibility index (Phi) is 4.53. The van der Waals surface area contributed by atoms with Gasteiger partial charge in [0.15, 0.2) is 0 Å². The number of hydrogen-bond acceptors (Lipinski definition) is 1. The minimum absolute atomic E-state index is 0.00796. The summed E-state index contributed by atoms with van der Waals surface area (Å²) in [5.74, 6) is 0. The average molecular weight is 252 g/mol. The molecule has 1 nitrogen and oxygen atoms in total. The number of rotatable bonds is 4. The van der Waals surface area contributed by atoms with E-state index in [0.717, 1.165) is 0 Å². The van der Waals surface area contributed by atoms with Crippen LogP contribution in [0.4, 0.5) is 0 Å². The normalized spacial score (nSPS) is 12.8. The van der Waals surface area contributed by atoms with Gasteiger partial charge in [-0.2, -0.15) is 0 Å². The van der Waals surface area contributed by atoms with Gasteiger partial charge in [0.2, 0.25) is 0 Å². The molecular formula is C18H20O. The molecule has 2 rings (SSSR count). The van der Waals surface area contributed by atoms with Crippen LogP contribution in [-0.2, 0) is 4.74 Å². The molecule has 0 aliphatic carbocycles. The molecule has 19 heavy (non-hydrogen) atoms. The van der Waals surface area contributed by atoms with E-state index in [4.69, 9.17) is 4.74 Å². The summed E-state index contributed by atoms with van der Waals surface area (Å²) in [5, 5.41) is 0. The highest BCUT2D eigenvalue weighted by Crippen LogP contribution is 2.29. The van der Waals surface area contributed by atoms with Gasteiger partial charge < -0.3 is 4.74 Å². The van der Waals surface area contributed by atoms with Crippen molar-refractivity contribution in [2.75, 3.05) is 7.11 Å². The molecule has 0 radical (unpaired) electrons. The molecule has 0 spiro atoms. The molecule has 0 heterocycles. The first-order valence-electron chi connectivity index (χ1n) is 6.58. The molecule has 0 aliphatic heterocycles. The first-order chi connectivity index (χ1) is 9.27. The first-order valence-corrected chi connectivity index (χ1v) is 6.58. The largest absolute Gasteiger partial charge is 0.372 e. The molecular weight excluding hydrogens is 232 g/mol. The van der Waals surface area contributed by atoms with E-state index in [1.807, 2.05) is 25.1 Å². The lowest BCUT2D eigenvalue weighted by molar-refractivity contribution is 0.136. The highest BCUT2D eigenvalue weighted by Gasteiger charge is 2.15. The summed E-state index contributed by atoms with van der Waals surface area (Å²) < 4.78 is 5.71. The highest BCUT2D eigenvalue weighted by molar-refractivity contribution is 5.56. The highest BCUT2D eigenvalue weighted by atomic mass is 16.5. The Morgan fingerprint density at radius 3 is 2.37 bits per heavy atom. The van der Waals surface area contributed by atoms with Gasteiger partial charge in [-0.3, -0.25) is 0 Å². The van der Waals surface area contributed by atoms with Gasteiger partial charge in [0.1, 0.15) is 6.10 Å². The Labute approximate surface area is 115 Å². The van der Waals surface area contributed by atoms with Crippen LogP contribution in [0.2, 0.25) is 0 Å². The molecule has 0 aromatic heterocycles. The van der Waals surface area contributed by atoms with Crippen LogP contribution < -0.4 is 0 Å². The number of benzene rings is 2. The van der Waals surface area contributed by atoms with Crippen molar-refractivity contribution in [1.82, 2.24) is 0 Å². The number of allylic oxidation sites excluding steroid dienone is 1.